The van der Waals surface area contributed by atoms with Crippen LogP contribution in [0.15, 0.2) is 40.8 Å². The number of furan rings is 1. The largest absolute Gasteiger partial charge is 0.453 e. The van der Waals surface area contributed by atoms with E-state index in [2.05, 4.69) is 5.32 Å². The van der Waals surface area contributed by atoms with Crippen LogP contribution >= 0.6 is 0 Å². The van der Waals surface area contributed by atoms with Gasteiger partial charge in [0.1, 0.15) is 5.76 Å². The summed E-state index contributed by atoms with van der Waals surface area (Å²) in [5.74, 6) is 0.913. The normalized spacial score (nSPS) is 10.1. The highest BCUT2D eigenvalue weighted by atomic mass is 16.3. The van der Waals surface area contributed by atoms with E-state index in [0.29, 0.717) is 24.4 Å². The fourth-order valence-corrected chi connectivity index (χ4v) is 1.58. The summed E-state index contributed by atoms with van der Waals surface area (Å²) in [6.07, 6.45) is 0.675. The summed E-state index contributed by atoms with van der Waals surface area (Å²) >= 11 is 0. The molecule has 0 spiro atoms. The molecule has 2 rings (SSSR count). The molecule has 0 aliphatic heterocycles. The molecule has 0 saturated heterocycles. The van der Waals surface area contributed by atoms with Crippen LogP contribution in [0.3, 0.4) is 0 Å². The van der Waals surface area contributed by atoms with E-state index in [-0.39, 0.29) is 5.91 Å². The molecular weight excluding hydrogens is 230 g/mol. The first kappa shape index (κ1) is 12.1. The lowest BCUT2D eigenvalue weighted by Crippen LogP contribution is -2.18. The van der Waals surface area contributed by atoms with Gasteiger partial charge in [-0.1, -0.05) is 24.3 Å². The molecule has 1 amide bonds. The second kappa shape index (κ2) is 5.31. The SMILES string of the molecule is CC(=O)NCc1ccc(-c2ccc(C=O)o2)cc1. The Morgan fingerprint density at radius 2 is 1.94 bits per heavy atom. The van der Waals surface area contributed by atoms with E-state index < -0.39 is 0 Å². The smallest absolute Gasteiger partial charge is 0.217 e. The summed E-state index contributed by atoms with van der Waals surface area (Å²) < 4.78 is 5.32. The number of carbonyl (C=O) groups is 2. The van der Waals surface area contributed by atoms with E-state index >= 15 is 0 Å². The minimum atomic E-state index is -0.0549. The van der Waals surface area contributed by atoms with Crippen molar-refractivity contribution < 1.29 is 14.0 Å². The van der Waals surface area contributed by atoms with Crippen LogP contribution in [0.2, 0.25) is 0 Å². The Morgan fingerprint density at radius 1 is 1.22 bits per heavy atom. The second-order valence-electron chi connectivity index (χ2n) is 3.93. The average molecular weight is 243 g/mol. The molecule has 0 bridgehead atoms. The standard InChI is InChI=1S/C14H13NO3/c1-10(17)15-8-11-2-4-12(5-3-11)14-7-6-13(9-16)18-14/h2-7,9H,8H2,1H3,(H,15,17). The van der Waals surface area contributed by atoms with Crippen LogP contribution in [-0.2, 0) is 11.3 Å². The molecule has 0 saturated carbocycles. The Kier molecular flexibility index (Phi) is 3.57. The third-order valence-electron chi connectivity index (χ3n) is 2.52. The van der Waals surface area contributed by atoms with Crippen LogP contribution < -0.4 is 5.32 Å². The number of benzene rings is 1. The highest BCUT2D eigenvalue weighted by Crippen LogP contribution is 2.21. The predicted octanol–water partition coefficient (Wildman–Crippen LogP) is 2.40. The molecule has 1 heterocycles. The molecule has 0 unspecified atom stereocenters. The monoisotopic (exact) mass is 243 g/mol. The van der Waals surface area contributed by atoms with Crippen molar-refractivity contribution in [3.05, 3.63) is 47.7 Å². The van der Waals surface area contributed by atoms with Crippen molar-refractivity contribution in [2.45, 2.75) is 13.5 Å². The van der Waals surface area contributed by atoms with Gasteiger partial charge in [0.15, 0.2) is 12.0 Å². The molecule has 0 atom stereocenters. The molecule has 0 radical (unpaired) electrons. The molecule has 18 heavy (non-hydrogen) atoms. The zero-order valence-electron chi connectivity index (χ0n) is 9.97. The number of nitrogens with one attached hydrogen (secondary N) is 1. The molecule has 0 aliphatic rings. The van der Waals surface area contributed by atoms with Gasteiger partial charge in [-0.15, -0.1) is 0 Å². The molecule has 1 N–H and O–H groups in total. The van der Waals surface area contributed by atoms with Gasteiger partial charge in [-0.25, -0.2) is 0 Å². The van der Waals surface area contributed by atoms with E-state index in [1.54, 1.807) is 12.1 Å². The second-order valence-corrected chi connectivity index (χ2v) is 3.93. The summed E-state index contributed by atoms with van der Waals surface area (Å²) in [7, 11) is 0. The third-order valence-corrected chi connectivity index (χ3v) is 2.52. The lowest BCUT2D eigenvalue weighted by molar-refractivity contribution is -0.119. The van der Waals surface area contributed by atoms with Crippen LogP contribution in [0, 0.1) is 0 Å². The first-order valence-corrected chi connectivity index (χ1v) is 5.58. The van der Waals surface area contributed by atoms with Crippen LogP contribution in [0.1, 0.15) is 23.0 Å². The van der Waals surface area contributed by atoms with Crippen LogP contribution in [0.25, 0.3) is 11.3 Å². The summed E-state index contributed by atoms with van der Waals surface area (Å²) in [4.78, 5) is 21.3. The lowest BCUT2D eigenvalue weighted by Gasteiger charge is -2.03. The summed E-state index contributed by atoms with van der Waals surface area (Å²) in [5.41, 5.74) is 1.91. The van der Waals surface area contributed by atoms with Gasteiger partial charge in [0.2, 0.25) is 5.91 Å². The minimum absolute atomic E-state index is 0.0549. The van der Waals surface area contributed by atoms with E-state index in [0.717, 1.165) is 11.1 Å². The molecular formula is C14H13NO3. The molecule has 1 aromatic carbocycles. The average Bonchev–Trinajstić information content (AvgIpc) is 2.85. The van der Waals surface area contributed by atoms with Gasteiger partial charge in [-0.2, -0.15) is 0 Å². The van der Waals surface area contributed by atoms with Crippen molar-refractivity contribution in [2.75, 3.05) is 0 Å². The molecule has 1 aromatic heterocycles. The summed E-state index contributed by atoms with van der Waals surface area (Å²) in [5, 5.41) is 2.73. The van der Waals surface area contributed by atoms with Gasteiger partial charge >= 0.3 is 0 Å². The number of hydrogen-bond donors (Lipinski definition) is 1. The molecule has 4 nitrogen and oxygen atoms in total. The Morgan fingerprint density at radius 3 is 2.50 bits per heavy atom. The highest BCUT2D eigenvalue weighted by Gasteiger charge is 2.04. The van der Waals surface area contributed by atoms with Gasteiger partial charge in [0.25, 0.3) is 0 Å². The van der Waals surface area contributed by atoms with Crippen molar-refractivity contribution in [3.63, 3.8) is 0 Å². The Hall–Kier alpha value is -2.36. The maximum atomic E-state index is 10.8. The van der Waals surface area contributed by atoms with Gasteiger partial charge in [-0.3, -0.25) is 9.59 Å². The van der Waals surface area contributed by atoms with Gasteiger partial charge in [0, 0.05) is 19.0 Å². The number of hydrogen-bond acceptors (Lipinski definition) is 3. The minimum Gasteiger partial charge on any atom is -0.453 e. The zero-order valence-corrected chi connectivity index (χ0v) is 9.97. The predicted molar refractivity (Wildman–Crippen MR) is 67.1 cm³/mol. The molecule has 92 valence electrons. The highest BCUT2D eigenvalue weighted by molar-refractivity contribution is 5.73. The van der Waals surface area contributed by atoms with E-state index in [1.165, 1.54) is 6.92 Å². The first-order chi connectivity index (χ1) is 8.69. The van der Waals surface area contributed by atoms with Gasteiger partial charge in [0.05, 0.1) is 0 Å². The maximum absolute atomic E-state index is 10.8. The maximum Gasteiger partial charge on any atom is 0.217 e. The van der Waals surface area contributed by atoms with E-state index in [9.17, 15) is 9.59 Å². The van der Waals surface area contributed by atoms with E-state index in [4.69, 9.17) is 4.42 Å². The Labute approximate surface area is 105 Å². The third kappa shape index (κ3) is 2.85. The van der Waals surface area contributed by atoms with Crippen molar-refractivity contribution in [1.82, 2.24) is 5.32 Å². The topological polar surface area (TPSA) is 59.3 Å². The molecule has 2 aromatic rings. The summed E-state index contributed by atoms with van der Waals surface area (Å²) in [6.45, 7) is 1.99. The molecule has 0 aliphatic carbocycles. The van der Waals surface area contributed by atoms with E-state index in [1.807, 2.05) is 24.3 Å². The number of aldehydes is 1. The lowest BCUT2D eigenvalue weighted by atomic mass is 10.1. The van der Waals surface area contributed by atoms with Gasteiger partial charge in [-0.05, 0) is 17.7 Å². The van der Waals surface area contributed by atoms with Crippen LogP contribution in [0.4, 0.5) is 0 Å². The Bertz CT molecular complexity index is 555. The number of carbonyl (C=O) groups excluding carboxylic acids is 2. The fraction of sp³-hybridized carbons (Fsp3) is 0.143. The molecule has 4 heteroatoms. The Balaban J connectivity index is 2.11. The first-order valence-electron chi connectivity index (χ1n) is 5.58. The fourth-order valence-electron chi connectivity index (χ4n) is 1.58. The summed E-state index contributed by atoms with van der Waals surface area (Å²) in [6, 6.07) is 11.0. The number of amides is 1. The van der Waals surface area contributed by atoms with Crippen molar-refractivity contribution >= 4 is 12.2 Å². The van der Waals surface area contributed by atoms with Crippen molar-refractivity contribution in [3.8, 4) is 11.3 Å². The van der Waals surface area contributed by atoms with Crippen molar-refractivity contribution in [1.29, 1.82) is 0 Å². The quantitative estimate of drug-likeness (QED) is 0.839. The van der Waals surface area contributed by atoms with Gasteiger partial charge < -0.3 is 9.73 Å². The van der Waals surface area contributed by atoms with Crippen LogP contribution in [-0.4, -0.2) is 12.2 Å². The number of rotatable bonds is 4. The zero-order chi connectivity index (χ0) is 13.0. The molecule has 0 fully saturated rings. The van der Waals surface area contributed by atoms with Crippen molar-refractivity contribution in [2.24, 2.45) is 0 Å². The van der Waals surface area contributed by atoms with Crippen LogP contribution in [0.5, 0.6) is 0 Å².